The van der Waals surface area contributed by atoms with Crippen molar-refractivity contribution in [3.63, 3.8) is 0 Å². The van der Waals surface area contributed by atoms with Gasteiger partial charge in [-0.1, -0.05) is 13.3 Å². The van der Waals surface area contributed by atoms with Crippen LogP contribution < -0.4 is 10.1 Å². The third kappa shape index (κ3) is 3.68. The smallest absolute Gasteiger partial charge is 0.137 e. The zero-order valence-electron chi connectivity index (χ0n) is 11.1. The van der Waals surface area contributed by atoms with Gasteiger partial charge in [-0.2, -0.15) is 0 Å². The van der Waals surface area contributed by atoms with Gasteiger partial charge in [0.15, 0.2) is 0 Å². The summed E-state index contributed by atoms with van der Waals surface area (Å²) >= 11 is 0. The van der Waals surface area contributed by atoms with E-state index in [9.17, 15) is 0 Å². The monoisotopic (exact) mass is 238 g/mol. The van der Waals surface area contributed by atoms with Gasteiger partial charge in [0, 0.05) is 13.3 Å². The minimum Gasteiger partial charge on any atom is -0.495 e. The lowest BCUT2D eigenvalue weighted by atomic mass is 9.99. The van der Waals surface area contributed by atoms with Crippen LogP contribution in [-0.2, 0) is 4.74 Å². The molecule has 0 saturated carbocycles. The first-order valence-corrected chi connectivity index (χ1v) is 5.95. The van der Waals surface area contributed by atoms with Crippen LogP contribution in [0.1, 0.15) is 31.4 Å². The Hall–Kier alpha value is -1.13. The maximum atomic E-state index is 5.54. The molecule has 0 aliphatic heterocycles. The van der Waals surface area contributed by atoms with Gasteiger partial charge < -0.3 is 14.8 Å². The summed E-state index contributed by atoms with van der Waals surface area (Å²) < 4.78 is 10.7. The molecule has 0 bridgehead atoms. The summed E-state index contributed by atoms with van der Waals surface area (Å²) in [5.41, 5.74) is 1.09. The SMILES string of the molecule is CCCC(OC)C(NC)c1cncc(OC)c1. The third-order valence-electron chi connectivity index (χ3n) is 2.89. The molecule has 0 aliphatic carbocycles. The van der Waals surface area contributed by atoms with Crippen molar-refractivity contribution in [2.75, 3.05) is 21.3 Å². The van der Waals surface area contributed by atoms with Crippen molar-refractivity contribution in [3.8, 4) is 5.75 Å². The van der Waals surface area contributed by atoms with Gasteiger partial charge in [-0.05, 0) is 25.1 Å². The van der Waals surface area contributed by atoms with E-state index < -0.39 is 0 Å². The molecule has 0 fully saturated rings. The zero-order valence-corrected chi connectivity index (χ0v) is 11.1. The van der Waals surface area contributed by atoms with Gasteiger partial charge in [0.05, 0.1) is 25.5 Å². The quantitative estimate of drug-likeness (QED) is 0.790. The second kappa shape index (κ2) is 7.25. The summed E-state index contributed by atoms with van der Waals surface area (Å²) in [6.07, 6.45) is 5.81. The number of hydrogen-bond donors (Lipinski definition) is 1. The molecule has 2 atom stereocenters. The van der Waals surface area contributed by atoms with Crippen LogP contribution in [0.5, 0.6) is 5.75 Å². The summed E-state index contributed by atoms with van der Waals surface area (Å²) in [5, 5.41) is 3.28. The molecule has 17 heavy (non-hydrogen) atoms. The molecule has 4 heteroatoms. The number of methoxy groups -OCH3 is 2. The van der Waals surface area contributed by atoms with Crippen molar-refractivity contribution < 1.29 is 9.47 Å². The predicted molar refractivity (Wildman–Crippen MR) is 68.3 cm³/mol. The van der Waals surface area contributed by atoms with Crippen LogP contribution in [0.2, 0.25) is 0 Å². The zero-order chi connectivity index (χ0) is 12.7. The van der Waals surface area contributed by atoms with E-state index in [1.807, 2.05) is 19.3 Å². The summed E-state index contributed by atoms with van der Waals surface area (Å²) in [7, 11) is 5.33. The van der Waals surface area contributed by atoms with Crippen LogP contribution in [-0.4, -0.2) is 32.4 Å². The molecule has 1 rings (SSSR count). The first kappa shape index (κ1) is 13.9. The Balaban J connectivity index is 2.90. The van der Waals surface area contributed by atoms with Crippen molar-refractivity contribution in [1.82, 2.24) is 10.3 Å². The Bertz CT molecular complexity index is 331. The Morgan fingerprint density at radius 3 is 2.65 bits per heavy atom. The summed E-state index contributed by atoms with van der Waals surface area (Å²) in [6, 6.07) is 2.14. The van der Waals surface area contributed by atoms with E-state index in [1.54, 1.807) is 20.4 Å². The van der Waals surface area contributed by atoms with E-state index >= 15 is 0 Å². The summed E-state index contributed by atoms with van der Waals surface area (Å²) in [6.45, 7) is 2.16. The number of nitrogens with one attached hydrogen (secondary N) is 1. The van der Waals surface area contributed by atoms with Crippen LogP contribution >= 0.6 is 0 Å². The number of ether oxygens (including phenoxy) is 2. The molecule has 96 valence electrons. The van der Waals surface area contributed by atoms with Crippen LogP contribution in [0.15, 0.2) is 18.5 Å². The molecule has 0 aromatic carbocycles. The molecule has 1 N–H and O–H groups in total. The van der Waals surface area contributed by atoms with Gasteiger partial charge in [-0.15, -0.1) is 0 Å². The van der Waals surface area contributed by atoms with E-state index in [4.69, 9.17) is 9.47 Å². The molecule has 0 aliphatic rings. The molecule has 1 aromatic heterocycles. The fourth-order valence-electron chi connectivity index (χ4n) is 1.99. The molecular weight excluding hydrogens is 216 g/mol. The maximum absolute atomic E-state index is 5.54. The van der Waals surface area contributed by atoms with Gasteiger partial charge in [0.1, 0.15) is 5.75 Å². The average molecular weight is 238 g/mol. The van der Waals surface area contributed by atoms with Gasteiger partial charge in [0.2, 0.25) is 0 Å². The highest BCUT2D eigenvalue weighted by Crippen LogP contribution is 2.24. The highest BCUT2D eigenvalue weighted by atomic mass is 16.5. The van der Waals surface area contributed by atoms with Gasteiger partial charge in [-0.25, -0.2) is 0 Å². The lowest BCUT2D eigenvalue weighted by Crippen LogP contribution is -2.31. The van der Waals surface area contributed by atoms with E-state index in [-0.39, 0.29) is 12.1 Å². The second-order valence-electron chi connectivity index (χ2n) is 3.99. The highest BCUT2D eigenvalue weighted by molar-refractivity contribution is 5.26. The topological polar surface area (TPSA) is 43.4 Å². The number of rotatable bonds is 7. The first-order chi connectivity index (χ1) is 8.26. The predicted octanol–water partition coefficient (Wildman–Crippen LogP) is 2.17. The number of pyridine rings is 1. The number of aromatic nitrogens is 1. The second-order valence-corrected chi connectivity index (χ2v) is 3.99. The fourth-order valence-corrected chi connectivity index (χ4v) is 1.99. The number of hydrogen-bond acceptors (Lipinski definition) is 4. The Morgan fingerprint density at radius 1 is 1.35 bits per heavy atom. The van der Waals surface area contributed by atoms with Crippen molar-refractivity contribution >= 4 is 0 Å². The van der Waals surface area contributed by atoms with Crippen molar-refractivity contribution in [2.45, 2.75) is 31.9 Å². The van der Waals surface area contributed by atoms with E-state index in [1.165, 1.54) is 0 Å². The van der Waals surface area contributed by atoms with Crippen molar-refractivity contribution in [2.24, 2.45) is 0 Å². The molecule has 4 nitrogen and oxygen atoms in total. The Kier molecular flexibility index (Phi) is 5.94. The number of nitrogens with zero attached hydrogens (tertiary/aromatic N) is 1. The van der Waals surface area contributed by atoms with E-state index in [2.05, 4.69) is 17.2 Å². The van der Waals surface area contributed by atoms with Crippen LogP contribution in [0.3, 0.4) is 0 Å². The molecule has 0 amide bonds. The Labute approximate surface area is 103 Å². The van der Waals surface area contributed by atoms with E-state index in [0.29, 0.717) is 0 Å². The molecule has 1 aromatic rings. The standard InChI is InChI=1S/C13H22N2O2/c1-5-6-12(17-4)13(14-2)10-7-11(16-3)9-15-8-10/h7-9,12-14H,5-6H2,1-4H3. The molecular formula is C13H22N2O2. The van der Waals surface area contributed by atoms with Gasteiger partial charge in [-0.3, -0.25) is 4.98 Å². The molecule has 2 unspecified atom stereocenters. The molecule has 0 saturated heterocycles. The van der Waals surface area contributed by atoms with E-state index in [0.717, 1.165) is 24.2 Å². The minimum absolute atomic E-state index is 0.141. The van der Waals surface area contributed by atoms with Gasteiger partial charge in [0.25, 0.3) is 0 Å². The number of likely N-dealkylation sites (N-methyl/N-ethyl adjacent to an activating group) is 1. The Morgan fingerprint density at radius 2 is 2.12 bits per heavy atom. The molecule has 0 spiro atoms. The van der Waals surface area contributed by atoms with Gasteiger partial charge >= 0.3 is 0 Å². The van der Waals surface area contributed by atoms with Crippen LogP contribution in [0, 0.1) is 0 Å². The average Bonchev–Trinajstić information content (AvgIpc) is 2.38. The lowest BCUT2D eigenvalue weighted by Gasteiger charge is -2.25. The summed E-state index contributed by atoms with van der Waals surface area (Å²) in [4.78, 5) is 4.18. The lowest BCUT2D eigenvalue weighted by molar-refractivity contribution is 0.0629. The van der Waals surface area contributed by atoms with Crippen molar-refractivity contribution in [3.05, 3.63) is 24.0 Å². The summed E-state index contributed by atoms with van der Waals surface area (Å²) in [5.74, 6) is 0.772. The largest absolute Gasteiger partial charge is 0.495 e. The fraction of sp³-hybridized carbons (Fsp3) is 0.615. The normalized spacial score (nSPS) is 14.4. The minimum atomic E-state index is 0.141. The van der Waals surface area contributed by atoms with Crippen LogP contribution in [0.25, 0.3) is 0 Å². The third-order valence-corrected chi connectivity index (χ3v) is 2.89. The molecule has 0 radical (unpaired) electrons. The highest BCUT2D eigenvalue weighted by Gasteiger charge is 2.21. The first-order valence-electron chi connectivity index (χ1n) is 5.95. The van der Waals surface area contributed by atoms with Crippen LogP contribution in [0.4, 0.5) is 0 Å². The maximum Gasteiger partial charge on any atom is 0.137 e. The van der Waals surface area contributed by atoms with Crippen molar-refractivity contribution in [1.29, 1.82) is 0 Å². The molecule has 1 heterocycles.